The van der Waals surface area contributed by atoms with Crippen LogP contribution in [0.2, 0.25) is 0 Å². The molecule has 4 heteroatoms. The Hall–Kier alpha value is -0.970. The zero-order chi connectivity index (χ0) is 11.8. The summed E-state index contributed by atoms with van der Waals surface area (Å²) in [6, 6.07) is 3.80. The summed E-state index contributed by atoms with van der Waals surface area (Å²) in [5.41, 5.74) is 6.90. The Kier molecular flexibility index (Phi) is 6.00. The van der Waals surface area contributed by atoms with Gasteiger partial charge in [0, 0.05) is 30.6 Å². The number of nitrogens with two attached hydrogens (primary N) is 1. The molecule has 0 bridgehead atoms. The van der Waals surface area contributed by atoms with Gasteiger partial charge in [-0.2, -0.15) is 0 Å². The Morgan fingerprint density at radius 1 is 1.44 bits per heavy atom. The summed E-state index contributed by atoms with van der Waals surface area (Å²) in [6.45, 7) is 5.75. The summed E-state index contributed by atoms with van der Waals surface area (Å²) in [6.07, 6.45) is 3.41. The van der Waals surface area contributed by atoms with Gasteiger partial charge in [-0.3, -0.25) is 4.98 Å². The molecule has 1 aromatic heterocycles. The van der Waals surface area contributed by atoms with Gasteiger partial charge in [-0.1, -0.05) is 6.07 Å². The lowest BCUT2D eigenvalue weighted by molar-refractivity contribution is -0.00256. The van der Waals surface area contributed by atoms with Crippen LogP contribution in [0.4, 0.5) is 0 Å². The number of nitrogens with zero attached hydrogens (tertiary/aromatic N) is 1. The van der Waals surface area contributed by atoms with Crippen molar-refractivity contribution in [2.75, 3.05) is 19.8 Å². The first-order chi connectivity index (χ1) is 7.75. The van der Waals surface area contributed by atoms with Gasteiger partial charge in [-0.05, 0) is 19.9 Å². The molecular weight excluding hydrogens is 204 g/mol. The van der Waals surface area contributed by atoms with Crippen molar-refractivity contribution in [3.63, 3.8) is 0 Å². The molecule has 16 heavy (non-hydrogen) atoms. The Morgan fingerprint density at radius 3 is 2.81 bits per heavy atom. The van der Waals surface area contributed by atoms with E-state index in [1.165, 1.54) is 0 Å². The van der Waals surface area contributed by atoms with Crippen molar-refractivity contribution in [1.82, 2.24) is 4.98 Å². The maximum absolute atomic E-state index is 5.89. The van der Waals surface area contributed by atoms with Gasteiger partial charge in [-0.25, -0.2) is 0 Å². The van der Waals surface area contributed by atoms with Crippen LogP contribution in [0.15, 0.2) is 24.5 Å². The van der Waals surface area contributed by atoms with Gasteiger partial charge in [-0.15, -0.1) is 0 Å². The molecule has 0 aliphatic rings. The maximum atomic E-state index is 5.89. The van der Waals surface area contributed by atoms with Gasteiger partial charge in [0.2, 0.25) is 0 Å². The summed E-state index contributed by atoms with van der Waals surface area (Å²) in [5, 5.41) is 0. The molecule has 1 aromatic rings. The van der Waals surface area contributed by atoms with E-state index in [9.17, 15) is 0 Å². The molecule has 0 aliphatic heterocycles. The van der Waals surface area contributed by atoms with Crippen LogP contribution < -0.4 is 5.73 Å². The fourth-order valence-corrected chi connectivity index (χ4v) is 1.47. The average molecular weight is 224 g/mol. The van der Waals surface area contributed by atoms with E-state index in [0.717, 1.165) is 5.56 Å². The van der Waals surface area contributed by atoms with Crippen LogP contribution in [-0.4, -0.2) is 30.8 Å². The molecule has 0 fully saturated rings. The highest BCUT2D eigenvalue weighted by atomic mass is 16.5. The predicted octanol–water partition coefficient (Wildman–Crippen LogP) is 1.52. The number of aromatic nitrogens is 1. The van der Waals surface area contributed by atoms with Crippen LogP contribution in [0.25, 0.3) is 0 Å². The molecule has 4 nitrogen and oxygen atoms in total. The van der Waals surface area contributed by atoms with Crippen LogP contribution >= 0.6 is 0 Å². The number of hydrogen-bond donors (Lipinski definition) is 1. The fourth-order valence-electron chi connectivity index (χ4n) is 1.47. The topological polar surface area (TPSA) is 57.4 Å². The standard InChI is InChI=1S/C12H20N2O2/c1-3-15-7-8-16-12(10(2)13)11-5-4-6-14-9-11/h4-6,9-10,12H,3,7-8,13H2,1-2H3. The first kappa shape index (κ1) is 13.1. The predicted molar refractivity (Wildman–Crippen MR) is 63.1 cm³/mol. The number of hydrogen-bond acceptors (Lipinski definition) is 4. The van der Waals surface area contributed by atoms with Gasteiger partial charge < -0.3 is 15.2 Å². The van der Waals surface area contributed by atoms with E-state index in [-0.39, 0.29) is 12.1 Å². The van der Waals surface area contributed by atoms with E-state index in [2.05, 4.69) is 4.98 Å². The first-order valence-electron chi connectivity index (χ1n) is 5.60. The number of pyridine rings is 1. The van der Waals surface area contributed by atoms with Crippen molar-refractivity contribution in [1.29, 1.82) is 0 Å². The zero-order valence-corrected chi connectivity index (χ0v) is 9.93. The summed E-state index contributed by atoms with van der Waals surface area (Å²) >= 11 is 0. The second-order valence-corrected chi connectivity index (χ2v) is 3.63. The third-order valence-electron chi connectivity index (χ3n) is 2.22. The van der Waals surface area contributed by atoms with Crippen molar-refractivity contribution in [2.45, 2.75) is 26.0 Å². The van der Waals surface area contributed by atoms with E-state index in [4.69, 9.17) is 15.2 Å². The first-order valence-corrected chi connectivity index (χ1v) is 5.60. The minimum absolute atomic E-state index is 0.0640. The monoisotopic (exact) mass is 224 g/mol. The van der Waals surface area contributed by atoms with E-state index >= 15 is 0 Å². The molecule has 0 saturated carbocycles. The second-order valence-electron chi connectivity index (χ2n) is 3.63. The van der Waals surface area contributed by atoms with Gasteiger partial charge in [0.25, 0.3) is 0 Å². The zero-order valence-electron chi connectivity index (χ0n) is 9.93. The van der Waals surface area contributed by atoms with Crippen LogP contribution in [0, 0.1) is 0 Å². The molecule has 0 aromatic carbocycles. The summed E-state index contributed by atoms with van der Waals surface area (Å²) in [7, 11) is 0. The minimum Gasteiger partial charge on any atom is -0.379 e. The minimum atomic E-state index is -0.117. The molecule has 0 saturated heterocycles. The van der Waals surface area contributed by atoms with Crippen LogP contribution in [0.3, 0.4) is 0 Å². The molecule has 0 spiro atoms. The van der Waals surface area contributed by atoms with Crippen molar-refractivity contribution in [2.24, 2.45) is 5.73 Å². The maximum Gasteiger partial charge on any atom is 0.0988 e. The van der Waals surface area contributed by atoms with Crippen LogP contribution in [-0.2, 0) is 9.47 Å². The highest BCUT2D eigenvalue weighted by Gasteiger charge is 2.16. The Bertz CT molecular complexity index is 278. The SMILES string of the molecule is CCOCCOC(c1cccnc1)C(C)N. The highest BCUT2D eigenvalue weighted by molar-refractivity contribution is 5.13. The summed E-state index contributed by atoms with van der Waals surface area (Å²) in [5.74, 6) is 0. The molecule has 2 atom stereocenters. The van der Waals surface area contributed by atoms with Crippen LogP contribution in [0.1, 0.15) is 25.5 Å². The third kappa shape index (κ3) is 4.26. The van der Waals surface area contributed by atoms with Crippen molar-refractivity contribution in [3.05, 3.63) is 30.1 Å². The van der Waals surface area contributed by atoms with Crippen molar-refractivity contribution < 1.29 is 9.47 Å². The molecule has 90 valence electrons. The third-order valence-corrected chi connectivity index (χ3v) is 2.22. The molecule has 0 radical (unpaired) electrons. The highest BCUT2D eigenvalue weighted by Crippen LogP contribution is 2.18. The van der Waals surface area contributed by atoms with Gasteiger partial charge in [0.1, 0.15) is 0 Å². The summed E-state index contributed by atoms with van der Waals surface area (Å²) < 4.78 is 10.9. The number of rotatable bonds is 7. The van der Waals surface area contributed by atoms with E-state index in [1.807, 2.05) is 26.0 Å². The molecule has 1 rings (SSSR count). The van der Waals surface area contributed by atoms with Gasteiger partial charge in [0.05, 0.1) is 19.3 Å². The van der Waals surface area contributed by atoms with Crippen LogP contribution in [0.5, 0.6) is 0 Å². The molecule has 0 aliphatic carbocycles. The lowest BCUT2D eigenvalue weighted by Gasteiger charge is -2.21. The second kappa shape index (κ2) is 7.33. The normalized spacial score (nSPS) is 14.7. The lowest BCUT2D eigenvalue weighted by atomic mass is 10.1. The van der Waals surface area contributed by atoms with Crippen molar-refractivity contribution in [3.8, 4) is 0 Å². The lowest BCUT2D eigenvalue weighted by Crippen LogP contribution is -2.28. The number of ether oxygens (including phenoxy) is 2. The molecule has 0 amide bonds. The molecular formula is C12H20N2O2. The van der Waals surface area contributed by atoms with Crippen molar-refractivity contribution >= 4 is 0 Å². The van der Waals surface area contributed by atoms with E-state index in [0.29, 0.717) is 19.8 Å². The summed E-state index contributed by atoms with van der Waals surface area (Å²) in [4.78, 5) is 4.07. The average Bonchev–Trinajstić information content (AvgIpc) is 2.30. The smallest absolute Gasteiger partial charge is 0.0988 e. The molecule has 2 N–H and O–H groups in total. The Labute approximate surface area is 96.8 Å². The Balaban J connectivity index is 2.49. The van der Waals surface area contributed by atoms with Gasteiger partial charge >= 0.3 is 0 Å². The molecule has 2 unspecified atom stereocenters. The van der Waals surface area contributed by atoms with E-state index in [1.54, 1.807) is 12.4 Å². The Morgan fingerprint density at radius 2 is 2.25 bits per heavy atom. The molecule has 1 heterocycles. The largest absolute Gasteiger partial charge is 0.379 e. The van der Waals surface area contributed by atoms with E-state index < -0.39 is 0 Å². The van der Waals surface area contributed by atoms with Gasteiger partial charge in [0.15, 0.2) is 0 Å². The quantitative estimate of drug-likeness (QED) is 0.713. The fraction of sp³-hybridized carbons (Fsp3) is 0.583.